The van der Waals surface area contributed by atoms with Crippen molar-refractivity contribution in [2.75, 3.05) is 5.32 Å². The van der Waals surface area contributed by atoms with Gasteiger partial charge in [0.2, 0.25) is 0 Å². The van der Waals surface area contributed by atoms with Gasteiger partial charge in [0.15, 0.2) is 0 Å². The summed E-state index contributed by atoms with van der Waals surface area (Å²) in [6.07, 6.45) is 1.72. The first-order valence-electron chi connectivity index (χ1n) is 7.02. The Morgan fingerprint density at radius 1 is 1.33 bits per heavy atom. The summed E-state index contributed by atoms with van der Waals surface area (Å²) in [6.45, 7) is 9.01. The molecule has 6 heteroatoms. The number of urea groups is 1. The van der Waals surface area contributed by atoms with E-state index in [-0.39, 0.29) is 6.03 Å². The van der Waals surface area contributed by atoms with Crippen LogP contribution >= 0.6 is 0 Å². The van der Waals surface area contributed by atoms with E-state index in [1.165, 1.54) is 0 Å². The van der Waals surface area contributed by atoms with Crippen molar-refractivity contribution in [1.82, 2.24) is 20.1 Å². The van der Waals surface area contributed by atoms with Crippen molar-refractivity contribution in [2.24, 2.45) is 0 Å². The second-order valence-corrected chi connectivity index (χ2v) is 4.94. The van der Waals surface area contributed by atoms with Gasteiger partial charge in [-0.1, -0.05) is 6.07 Å². The van der Waals surface area contributed by atoms with E-state index < -0.39 is 0 Å². The van der Waals surface area contributed by atoms with E-state index in [4.69, 9.17) is 0 Å². The highest BCUT2D eigenvalue weighted by molar-refractivity contribution is 5.90. The van der Waals surface area contributed by atoms with Crippen molar-refractivity contribution < 1.29 is 4.79 Å². The lowest BCUT2D eigenvalue weighted by Gasteiger charge is -2.09. The van der Waals surface area contributed by atoms with Gasteiger partial charge in [-0.3, -0.25) is 9.67 Å². The molecule has 112 valence electrons. The fourth-order valence-electron chi connectivity index (χ4n) is 2.21. The topological polar surface area (TPSA) is 71.8 Å². The van der Waals surface area contributed by atoms with Crippen LogP contribution in [0.5, 0.6) is 0 Å². The molecule has 0 spiro atoms. The van der Waals surface area contributed by atoms with E-state index in [0.29, 0.717) is 6.54 Å². The van der Waals surface area contributed by atoms with E-state index in [1.54, 1.807) is 6.20 Å². The van der Waals surface area contributed by atoms with Crippen LogP contribution in [-0.4, -0.2) is 20.8 Å². The first-order chi connectivity index (χ1) is 10.0. The zero-order chi connectivity index (χ0) is 15.4. The molecule has 0 bridgehead atoms. The number of hydrogen-bond donors (Lipinski definition) is 2. The predicted octanol–water partition coefficient (Wildman–Crippen LogP) is 2.54. The smallest absolute Gasteiger partial charge is 0.319 e. The SMILES string of the molecule is CCn1nc(C)c(NC(=O)NCc2ncccc2C)c1C. The van der Waals surface area contributed by atoms with Gasteiger partial charge >= 0.3 is 6.03 Å². The van der Waals surface area contributed by atoms with Crippen molar-refractivity contribution in [3.05, 3.63) is 41.0 Å². The number of carbonyl (C=O) groups is 1. The Kier molecular flexibility index (Phi) is 4.57. The van der Waals surface area contributed by atoms with E-state index in [1.807, 2.05) is 44.5 Å². The molecule has 0 radical (unpaired) electrons. The van der Waals surface area contributed by atoms with E-state index in [9.17, 15) is 4.79 Å². The normalized spacial score (nSPS) is 10.5. The monoisotopic (exact) mass is 287 g/mol. The van der Waals surface area contributed by atoms with Crippen LogP contribution in [0.15, 0.2) is 18.3 Å². The molecule has 2 N–H and O–H groups in total. The lowest BCUT2D eigenvalue weighted by molar-refractivity contribution is 0.251. The molecule has 2 aromatic heterocycles. The fourth-order valence-corrected chi connectivity index (χ4v) is 2.21. The third kappa shape index (κ3) is 3.39. The number of rotatable bonds is 4. The molecular weight excluding hydrogens is 266 g/mol. The van der Waals surface area contributed by atoms with Gasteiger partial charge < -0.3 is 10.6 Å². The summed E-state index contributed by atoms with van der Waals surface area (Å²) in [5, 5.41) is 10.1. The number of nitrogens with zero attached hydrogens (tertiary/aromatic N) is 3. The van der Waals surface area contributed by atoms with E-state index in [0.717, 1.165) is 34.9 Å². The number of aryl methyl sites for hydroxylation is 3. The Morgan fingerprint density at radius 2 is 2.10 bits per heavy atom. The van der Waals surface area contributed by atoms with Gasteiger partial charge in [0.1, 0.15) is 0 Å². The summed E-state index contributed by atoms with van der Waals surface area (Å²) in [4.78, 5) is 16.3. The van der Waals surface area contributed by atoms with E-state index >= 15 is 0 Å². The number of pyridine rings is 1. The summed E-state index contributed by atoms with van der Waals surface area (Å²) >= 11 is 0. The molecule has 0 aliphatic heterocycles. The second-order valence-electron chi connectivity index (χ2n) is 4.94. The van der Waals surface area contributed by atoms with Gasteiger partial charge in [-0.05, 0) is 39.3 Å². The minimum atomic E-state index is -0.248. The highest BCUT2D eigenvalue weighted by Crippen LogP contribution is 2.19. The number of aromatic nitrogens is 3. The number of amides is 2. The molecule has 6 nitrogen and oxygen atoms in total. The number of anilines is 1. The predicted molar refractivity (Wildman–Crippen MR) is 82.2 cm³/mol. The van der Waals surface area contributed by atoms with Crippen molar-refractivity contribution in [3.8, 4) is 0 Å². The summed E-state index contributed by atoms with van der Waals surface area (Å²) in [5.74, 6) is 0. The number of carbonyl (C=O) groups excluding carboxylic acids is 1. The summed E-state index contributed by atoms with van der Waals surface area (Å²) in [5.41, 5.74) is 4.47. The minimum Gasteiger partial charge on any atom is -0.332 e. The summed E-state index contributed by atoms with van der Waals surface area (Å²) in [6, 6.07) is 3.61. The number of hydrogen-bond acceptors (Lipinski definition) is 3. The van der Waals surface area contributed by atoms with Crippen LogP contribution in [-0.2, 0) is 13.1 Å². The Balaban J connectivity index is 2.00. The van der Waals surface area contributed by atoms with Gasteiger partial charge in [0.25, 0.3) is 0 Å². The van der Waals surface area contributed by atoms with Crippen molar-refractivity contribution >= 4 is 11.7 Å². The third-order valence-corrected chi connectivity index (χ3v) is 3.45. The molecule has 0 fully saturated rings. The molecule has 21 heavy (non-hydrogen) atoms. The highest BCUT2D eigenvalue weighted by atomic mass is 16.2. The molecule has 0 aromatic carbocycles. The molecule has 0 aliphatic carbocycles. The van der Waals surface area contributed by atoms with Crippen LogP contribution in [0.1, 0.15) is 29.6 Å². The van der Waals surface area contributed by atoms with Crippen molar-refractivity contribution in [3.63, 3.8) is 0 Å². The van der Waals surface area contributed by atoms with Crippen LogP contribution in [0, 0.1) is 20.8 Å². The molecule has 0 atom stereocenters. The largest absolute Gasteiger partial charge is 0.332 e. The Morgan fingerprint density at radius 3 is 2.71 bits per heavy atom. The van der Waals surface area contributed by atoms with Crippen molar-refractivity contribution in [1.29, 1.82) is 0 Å². The van der Waals surface area contributed by atoms with Crippen LogP contribution in [0.3, 0.4) is 0 Å². The molecule has 2 aromatic rings. The Hall–Kier alpha value is -2.37. The van der Waals surface area contributed by atoms with Crippen LogP contribution in [0.25, 0.3) is 0 Å². The van der Waals surface area contributed by atoms with Gasteiger partial charge in [-0.2, -0.15) is 5.10 Å². The first-order valence-corrected chi connectivity index (χ1v) is 7.02. The average Bonchev–Trinajstić information content (AvgIpc) is 2.74. The maximum atomic E-state index is 12.0. The Bertz CT molecular complexity index is 648. The van der Waals surface area contributed by atoms with Crippen LogP contribution < -0.4 is 10.6 Å². The molecule has 0 unspecified atom stereocenters. The Labute approximate surface area is 124 Å². The molecular formula is C15H21N5O. The number of nitrogens with one attached hydrogen (secondary N) is 2. The third-order valence-electron chi connectivity index (χ3n) is 3.45. The lowest BCUT2D eigenvalue weighted by atomic mass is 10.2. The quantitative estimate of drug-likeness (QED) is 0.907. The molecule has 2 amide bonds. The standard InChI is InChI=1S/C15H21N5O/c1-5-20-12(4)14(11(3)19-20)18-15(21)17-9-13-10(2)7-6-8-16-13/h6-8H,5,9H2,1-4H3,(H2,17,18,21). The summed E-state index contributed by atoms with van der Waals surface area (Å²) < 4.78 is 1.87. The zero-order valence-corrected chi connectivity index (χ0v) is 12.9. The van der Waals surface area contributed by atoms with Crippen LogP contribution in [0.4, 0.5) is 10.5 Å². The fraction of sp³-hybridized carbons (Fsp3) is 0.400. The first kappa shape index (κ1) is 15.0. The van der Waals surface area contributed by atoms with Crippen molar-refractivity contribution in [2.45, 2.75) is 40.8 Å². The van der Waals surface area contributed by atoms with E-state index in [2.05, 4.69) is 20.7 Å². The highest BCUT2D eigenvalue weighted by Gasteiger charge is 2.13. The second kappa shape index (κ2) is 6.39. The molecule has 2 heterocycles. The van der Waals surface area contributed by atoms with Gasteiger partial charge in [-0.25, -0.2) is 4.79 Å². The molecule has 2 rings (SSSR count). The van der Waals surface area contributed by atoms with Gasteiger partial charge in [0.05, 0.1) is 29.3 Å². The maximum Gasteiger partial charge on any atom is 0.319 e. The molecule has 0 saturated heterocycles. The average molecular weight is 287 g/mol. The minimum absolute atomic E-state index is 0.248. The zero-order valence-electron chi connectivity index (χ0n) is 12.9. The maximum absolute atomic E-state index is 12.0. The molecule has 0 saturated carbocycles. The summed E-state index contributed by atoms with van der Waals surface area (Å²) in [7, 11) is 0. The molecule has 0 aliphatic rings. The van der Waals surface area contributed by atoms with Gasteiger partial charge in [-0.15, -0.1) is 0 Å². The van der Waals surface area contributed by atoms with Crippen LogP contribution in [0.2, 0.25) is 0 Å². The van der Waals surface area contributed by atoms with Gasteiger partial charge in [0, 0.05) is 12.7 Å². The lowest BCUT2D eigenvalue weighted by Crippen LogP contribution is -2.29.